The molecule has 0 spiro atoms. The topological polar surface area (TPSA) is 108 Å². The highest BCUT2D eigenvalue weighted by Crippen LogP contribution is 2.28. The Labute approximate surface area is 119 Å². The second-order valence-electron chi connectivity index (χ2n) is 4.73. The summed E-state index contributed by atoms with van der Waals surface area (Å²) in [5, 5.41) is 32.5. The standard InChI is InChI=1S/C11H16ClN3O5/c1-14(2)5-3-7(12)13-15(10(5)19)11-9(18)8(17)6(4-16)20-11/h3,6,8-9,11,16-18H,4H2,1-2H3/t6-,8-,9-,11-/m1/s1. The van der Waals surface area contributed by atoms with Crippen LogP contribution in [0.4, 0.5) is 5.69 Å². The van der Waals surface area contributed by atoms with E-state index < -0.39 is 36.7 Å². The Morgan fingerprint density at radius 3 is 2.60 bits per heavy atom. The number of hydrogen-bond acceptors (Lipinski definition) is 7. The number of rotatable bonds is 3. The molecule has 1 fully saturated rings. The van der Waals surface area contributed by atoms with Crippen LogP contribution in [0.25, 0.3) is 0 Å². The summed E-state index contributed by atoms with van der Waals surface area (Å²) in [5.74, 6) is 0. The highest BCUT2D eigenvalue weighted by molar-refractivity contribution is 6.29. The van der Waals surface area contributed by atoms with Gasteiger partial charge in [0.05, 0.1) is 6.61 Å². The molecule has 2 heterocycles. The number of aromatic nitrogens is 2. The van der Waals surface area contributed by atoms with Gasteiger partial charge in [0.15, 0.2) is 11.4 Å². The Kier molecular flexibility index (Phi) is 4.31. The maximum absolute atomic E-state index is 12.3. The molecule has 112 valence electrons. The average Bonchev–Trinajstić information content (AvgIpc) is 2.68. The fraction of sp³-hybridized carbons (Fsp3) is 0.636. The fourth-order valence-electron chi connectivity index (χ4n) is 2.04. The third kappa shape index (κ3) is 2.52. The summed E-state index contributed by atoms with van der Waals surface area (Å²) in [6, 6.07) is 1.39. The molecule has 0 bridgehead atoms. The predicted molar refractivity (Wildman–Crippen MR) is 70.8 cm³/mol. The fourth-order valence-corrected chi connectivity index (χ4v) is 2.23. The Morgan fingerprint density at radius 2 is 2.10 bits per heavy atom. The SMILES string of the molecule is CN(C)c1cc(Cl)nn([C@@H]2O[C@H](CO)[C@@H](O)[C@H]2O)c1=O. The van der Waals surface area contributed by atoms with Crippen LogP contribution in [0.1, 0.15) is 6.23 Å². The van der Waals surface area contributed by atoms with Crippen molar-refractivity contribution in [1.29, 1.82) is 0 Å². The first kappa shape index (κ1) is 15.2. The van der Waals surface area contributed by atoms with E-state index in [0.29, 0.717) is 0 Å². The van der Waals surface area contributed by atoms with Crippen LogP contribution in [0.3, 0.4) is 0 Å². The molecule has 1 aromatic heterocycles. The predicted octanol–water partition coefficient (Wildman–Crippen LogP) is -1.43. The molecule has 0 amide bonds. The second kappa shape index (κ2) is 5.66. The van der Waals surface area contributed by atoms with Gasteiger partial charge in [-0.2, -0.15) is 9.78 Å². The van der Waals surface area contributed by atoms with Crippen LogP contribution >= 0.6 is 11.6 Å². The third-order valence-corrected chi connectivity index (χ3v) is 3.31. The Morgan fingerprint density at radius 1 is 1.45 bits per heavy atom. The van der Waals surface area contributed by atoms with Gasteiger partial charge in [-0.15, -0.1) is 0 Å². The van der Waals surface area contributed by atoms with Crippen molar-refractivity contribution in [3.8, 4) is 0 Å². The lowest BCUT2D eigenvalue weighted by Crippen LogP contribution is -2.38. The second-order valence-corrected chi connectivity index (χ2v) is 5.11. The average molecular weight is 306 g/mol. The van der Waals surface area contributed by atoms with Crippen LogP contribution < -0.4 is 10.5 Å². The zero-order valence-corrected chi connectivity index (χ0v) is 11.7. The van der Waals surface area contributed by atoms with E-state index in [1.807, 2.05) is 0 Å². The summed E-state index contributed by atoms with van der Waals surface area (Å²) in [6.07, 6.45) is -4.87. The molecule has 1 aliphatic heterocycles. The zero-order chi connectivity index (χ0) is 15.0. The molecule has 4 atom stereocenters. The van der Waals surface area contributed by atoms with Crippen molar-refractivity contribution in [2.24, 2.45) is 0 Å². The quantitative estimate of drug-likeness (QED) is 0.628. The number of nitrogens with zero attached hydrogens (tertiary/aromatic N) is 3. The summed E-state index contributed by atoms with van der Waals surface area (Å²) in [5.41, 5.74) is -0.253. The first-order valence-electron chi connectivity index (χ1n) is 5.96. The monoisotopic (exact) mass is 305 g/mol. The normalized spacial score (nSPS) is 29.7. The van der Waals surface area contributed by atoms with Crippen molar-refractivity contribution < 1.29 is 20.1 Å². The van der Waals surface area contributed by atoms with Crippen molar-refractivity contribution in [2.75, 3.05) is 25.6 Å². The van der Waals surface area contributed by atoms with E-state index in [1.54, 1.807) is 19.0 Å². The first-order chi connectivity index (χ1) is 9.36. The molecular weight excluding hydrogens is 290 g/mol. The van der Waals surface area contributed by atoms with Gasteiger partial charge in [0.25, 0.3) is 5.56 Å². The summed E-state index contributed by atoms with van der Waals surface area (Å²) in [6.45, 7) is -0.482. The third-order valence-electron chi connectivity index (χ3n) is 3.13. The van der Waals surface area contributed by atoms with Crippen LogP contribution in [-0.4, -0.2) is 64.1 Å². The number of aliphatic hydroxyl groups is 3. The van der Waals surface area contributed by atoms with E-state index in [2.05, 4.69) is 5.10 Å². The van der Waals surface area contributed by atoms with Crippen molar-refractivity contribution in [3.05, 3.63) is 21.6 Å². The maximum Gasteiger partial charge on any atom is 0.292 e. The van der Waals surface area contributed by atoms with Gasteiger partial charge in [-0.05, 0) is 0 Å². The molecule has 1 aliphatic rings. The molecule has 1 saturated heterocycles. The first-order valence-corrected chi connectivity index (χ1v) is 6.33. The van der Waals surface area contributed by atoms with Gasteiger partial charge in [0.2, 0.25) is 0 Å². The smallest absolute Gasteiger partial charge is 0.292 e. The van der Waals surface area contributed by atoms with Crippen LogP contribution in [0, 0.1) is 0 Å². The maximum atomic E-state index is 12.3. The lowest BCUT2D eigenvalue weighted by atomic mass is 10.1. The van der Waals surface area contributed by atoms with E-state index >= 15 is 0 Å². The molecule has 1 aromatic rings. The van der Waals surface area contributed by atoms with Crippen molar-refractivity contribution in [3.63, 3.8) is 0 Å². The number of hydrogen-bond donors (Lipinski definition) is 3. The lowest BCUT2D eigenvalue weighted by Gasteiger charge is -2.19. The van der Waals surface area contributed by atoms with Gasteiger partial charge in [0, 0.05) is 20.2 Å². The molecule has 0 aliphatic carbocycles. The summed E-state index contributed by atoms with van der Waals surface area (Å²) in [7, 11) is 3.32. The van der Waals surface area contributed by atoms with Gasteiger partial charge < -0.3 is 25.0 Å². The van der Waals surface area contributed by atoms with E-state index in [-0.39, 0.29) is 10.8 Å². The van der Waals surface area contributed by atoms with E-state index in [0.717, 1.165) is 4.68 Å². The van der Waals surface area contributed by atoms with Crippen LogP contribution in [-0.2, 0) is 4.74 Å². The number of anilines is 1. The molecular formula is C11H16ClN3O5. The Balaban J connectivity index is 2.46. The van der Waals surface area contributed by atoms with Crippen molar-refractivity contribution in [2.45, 2.75) is 24.5 Å². The highest BCUT2D eigenvalue weighted by Gasteiger charge is 2.44. The van der Waals surface area contributed by atoms with Crippen LogP contribution in [0.5, 0.6) is 0 Å². The highest BCUT2D eigenvalue weighted by atomic mass is 35.5. The van der Waals surface area contributed by atoms with Gasteiger partial charge >= 0.3 is 0 Å². The molecule has 3 N–H and O–H groups in total. The van der Waals surface area contributed by atoms with Crippen molar-refractivity contribution in [1.82, 2.24) is 9.78 Å². The van der Waals surface area contributed by atoms with Gasteiger partial charge in [-0.1, -0.05) is 11.6 Å². The molecule has 2 rings (SSSR count). The number of halogens is 1. The van der Waals surface area contributed by atoms with Gasteiger partial charge in [0.1, 0.15) is 24.0 Å². The molecule has 0 aromatic carbocycles. The summed E-state index contributed by atoms with van der Waals surface area (Å²) in [4.78, 5) is 13.8. The lowest BCUT2D eigenvalue weighted by molar-refractivity contribution is -0.0608. The number of aliphatic hydroxyl groups excluding tert-OH is 3. The summed E-state index contributed by atoms with van der Waals surface area (Å²) < 4.78 is 6.14. The molecule has 8 nitrogen and oxygen atoms in total. The molecule has 9 heteroatoms. The van der Waals surface area contributed by atoms with Crippen LogP contribution in [0.15, 0.2) is 10.9 Å². The minimum absolute atomic E-state index is 0.0473. The Hall–Kier alpha value is -1.19. The van der Waals surface area contributed by atoms with E-state index in [9.17, 15) is 15.0 Å². The van der Waals surface area contributed by atoms with E-state index in [4.69, 9.17) is 21.4 Å². The minimum Gasteiger partial charge on any atom is -0.394 e. The van der Waals surface area contributed by atoms with Gasteiger partial charge in [-0.25, -0.2) is 0 Å². The summed E-state index contributed by atoms with van der Waals surface area (Å²) >= 11 is 5.85. The molecule has 0 saturated carbocycles. The molecule has 0 radical (unpaired) electrons. The zero-order valence-electron chi connectivity index (χ0n) is 11.0. The number of ether oxygens (including phenoxy) is 1. The Bertz CT molecular complexity index is 549. The van der Waals surface area contributed by atoms with Gasteiger partial charge in [-0.3, -0.25) is 4.79 Å². The van der Waals surface area contributed by atoms with Crippen LogP contribution in [0.2, 0.25) is 5.15 Å². The van der Waals surface area contributed by atoms with Crippen molar-refractivity contribution >= 4 is 17.3 Å². The molecule has 20 heavy (non-hydrogen) atoms. The largest absolute Gasteiger partial charge is 0.394 e. The van der Waals surface area contributed by atoms with E-state index in [1.165, 1.54) is 6.07 Å². The minimum atomic E-state index is -1.38. The molecule has 0 unspecified atom stereocenters.